The minimum atomic E-state index is -1.58. The van der Waals surface area contributed by atoms with Gasteiger partial charge in [-0.3, -0.25) is 4.79 Å². The Hall–Kier alpha value is -1.65. The lowest BCUT2D eigenvalue weighted by Crippen LogP contribution is -2.19. The van der Waals surface area contributed by atoms with Crippen LogP contribution >= 0.6 is 0 Å². The van der Waals surface area contributed by atoms with Gasteiger partial charge >= 0.3 is 5.97 Å². The Kier molecular flexibility index (Phi) is 3.58. The zero-order valence-electron chi connectivity index (χ0n) is 5.44. The van der Waals surface area contributed by atoms with Crippen molar-refractivity contribution in [3.05, 3.63) is 12.2 Å². The monoisotopic (exact) mass is 157 g/mol. The minimum Gasteiger partial charge on any atom is -0.545 e. The number of ketones is 1. The van der Waals surface area contributed by atoms with Crippen LogP contribution in [0.15, 0.2) is 12.2 Å². The van der Waals surface area contributed by atoms with E-state index in [4.69, 9.17) is 5.11 Å². The molecule has 0 aromatic heterocycles. The van der Waals surface area contributed by atoms with E-state index in [0.29, 0.717) is 6.08 Å². The predicted molar refractivity (Wildman–Crippen MR) is 31.4 cm³/mol. The van der Waals surface area contributed by atoms with Crippen molar-refractivity contribution in [3.8, 4) is 0 Å². The van der Waals surface area contributed by atoms with E-state index in [2.05, 4.69) is 0 Å². The summed E-state index contributed by atoms with van der Waals surface area (Å²) in [6.45, 7) is 0. The van der Waals surface area contributed by atoms with E-state index in [1.54, 1.807) is 0 Å². The standard InChI is InChI=1S/C6H6O5/c7-4(6(10)11)2-1-3-5(8)9/h1,3H,2H2,(H,8,9)(H,10,11)/p-1/b3-1+. The Morgan fingerprint density at radius 2 is 1.91 bits per heavy atom. The van der Waals surface area contributed by atoms with Crippen LogP contribution in [0.1, 0.15) is 6.42 Å². The summed E-state index contributed by atoms with van der Waals surface area (Å²) >= 11 is 0. The van der Waals surface area contributed by atoms with E-state index >= 15 is 0 Å². The molecule has 0 saturated heterocycles. The van der Waals surface area contributed by atoms with Crippen molar-refractivity contribution in [1.82, 2.24) is 0 Å². The van der Waals surface area contributed by atoms with E-state index < -0.39 is 24.1 Å². The van der Waals surface area contributed by atoms with Gasteiger partial charge in [0.05, 0.1) is 5.97 Å². The number of carbonyl (C=O) groups excluding carboxylic acids is 2. The summed E-state index contributed by atoms with van der Waals surface area (Å²) in [5, 5.41) is 17.7. The predicted octanol–water partition coefficient (Wildman–Crippen LogP) is -1.66. The lowest BCUT2D eigenvalue weighted by Gasteiger charge is -1.89. The molecule has 0 aromatic carbocycles. The number of rotatable bonds is 4. The number of carboxylic acids is 2. The number of hydrogen-bond acceptors (Lipinski definition) is 4. The molecule has 0 rings (SSSR count). The smallest absolute Gasteiger partial charge is 0.372 e. The van der Waals surface area contributed by atoms with Crippen molar-refractivity contribution in [2.45, 2.75) is 6.42 Å². The van der Waals surface area contributed by atoms with Crippen LogP contribution in [0.2, 0.25) is 0 Å². The molecule has 0 aliphatic heterocycles. The highest BCUT2D eigenvalue weighted by atomic mass is 16.4. The third-order valence-corrected chi connectivity index (χ3v) is 0.796. The van der Waals surface area contributed by atoms with Crippen LogP contribution in [0.3, 0.4) is 0 Å². The molecular weight excluding hydrogens is 152 g/mol. The zero-order chi connectivity index (χ0) is 8.85. The van der Waals surface area contributed by atoms with Crippen molar-refractivity contribution in [3.63, 3.8) is 0 Å². The summed E-state index contributed by atoms with van der Waals surface area (Å²) in [6, 6.07) is 0. The maximum Gasteiger partial charge on any atom is 0.372 e. The molecule has 0 bridgehead atoms. The van der Waals surface area contributed by atoms with Gasteiger partial charge in [0.2, 0.25) is 5.78 Å². The van der Waals surface area contributed by atoms with Gasteiger partial charge in [-0.15, -0.1) is 0 Å². The molecule has 0 aliphatic carbocycles. The number of carbonyl (C=O) groups is 3. The Morgan fingerprint density at radius 1 is 1.36 bits per heavy atom. The largest absolute Gasteiger partial charge is 0.545 e. The molecule has 0 aromatic rings. The molecule has 0 atom stereocenters. The first kappa shape index (κ1) is 9.35. The van der Waals surface area contributed by atoms with Crippen LogP contribution in [0.25, 0.3) is 0 Å². The maximum atomic E-state index is 10.3. The van der Waals surface area contributed by atoms with Gasteiger partial charge in [0.15, 0.2) is 0 Å². The van der Waals surface area contributed by atoms with Crippen LogP contribution in [0.4, 0.5) is 0 Å². The van der Waals surface area contributed by atoms with Crippen molar-refractivity contribution in [1.29, 1.82) is 0 Å². The fraction of sp³-hybridized carbons (Fsp3) is 0.167. The highest BCUT2D eigenvalue weighted by Gasteiger charge is 2.07. The van der Waals surface area contributed by atoms with Gasteiger partial charge in [-0.25, -0.2) is 4.79 Å². The molecule has 60 valence electrons. The molecule has 0 aliphatic rings. The lowest BCUT2D eigenvalue weighted by atomic mass is 10.3. The van der Waals surface area contributed by atoms with Gasteiger partial charge in [0.1, 0.15) is 0 Å². The quantitative estimate of drug-likeness (QED) is 0.389. The van der Waals surface area contributed by atoms with Gasteiger partial charge in [-0.05, 0) is 6.08 Å². The number of allylic oxidation sites excluding steroid dienone is 1. The molecule has 0 amide bonds. The second-order valence-corrected chi connectivity index (χ2v) is 1.65. The highest BCUT2D eigenvalue weighted by molar-refractivity contribution is 6.33. The van der Waals surface area contributed by atoms with Crippen LogP contribution in [0, 0.1) is 0 Å². The zero-order valence-corrected chi connectivity index (χ0v) is 5.44. The molecule has 0 unspecified atom stereocenters. The Labute approximate surface area is 61.9 Å². The number of Topliss-reactive ketones (excluding diaryl/α,β-unsaturated/α-hetero) is 1. The van der Waals surface area contributed by atoms with Gasteiger partial charge < -0.3 is 15.0 Å². The minimum absolute atomic E-state index is 0.427. The van der Waals surface area contributed by atoms with E-state index in [1.807, 2.05) is 0 Å². The molecular formula is C6H5O5-. The molecule has 0 fully saturated rings. The average Bonchev–Trinajstić information content (AvgIpc) is 1.86. The molecule has 0 heterocycles. The third kappa shape index (κ3) is 4.83. The molecule has 0 spiro atoms. The van der Waals surface area contributed by atoms with Crippen LogP contribution in [0.5, 0.6) is 0 Å². The molecule has 11 heavy (non-hydrogen) atoms. The summed E-state index contributed by atoms with van der Waals surface area (Å²) in [6.07, 6.45) is 1.11. The Balaban J connectivity index is 3.80. The molecule has 0 radical (unpaired) electrons. The normalized spacial score (nSPS) is 9.82. The summed E-state index contributed by atoms with van der Waals surface area (Å²) in [5.74, 6) is -4.08. The summed E-state index contributed by atoms with van der Waals surface area (Å²) in [4.78, 5) is 29.8. The molecule has 0 saturated carbocycles. The number of carboxylic acid groups (broad SMARTS) is 2. The lowest BCUT2D eigenvalue weighted by molar-refractivity contribution is -0.297. The van der Waals surface area contributed by atoms with Gasteiger partial charge in [-0.1, -0.05) is 6.08 Å². The first-order valence-electron chi connectivity index (χ1n) is 2.67. The first-order valence-corrected chi connectivity index (χ1v) is 2.67. The summed E-state index contributed by atoms with van der Waals surface area (Å²) in [7, 11) is 0. The first-order chi connectivity index (χ1) is 5.04. The van der Waals surface area contributed by atoms with Crippen molar-refractivity contribution < 1.29 is 24.6 Å². The molecule has 5 nitrogen and oxygen atoms in total. The number of hydrogen-bond donors (Lipinski definition) is 1. The van der Waals surface area contributed by atoms with Crippen LogP contribution in [-0.4, -0.2) is 22.8 Å². The van der Waals surface area contributed by atoms with Gasteiger partial charge in [0, 0.05) is 6.42 Å². The van der Waals surface area contributed by atoms with Gasteiger partial charge in [-0.2, -0.15) is 0 Å². The number of aliphatic carboxylic acids is 2. The molecule has 5 heteroatoms. The summed E-state index contributed by atoms with van der Waals surface area (Å²) < 4.78 is 0. The topological polar surface area (TPSA) is 94.5 Å². The van der Waals surface area contributed by atoms with E-state index in [1.165, 1.54) is 0 Å². The molecule has 1 N–H and O–H groups in total. The van der Waals surface area contributed by atoms with Crippen molar-refractivity contribution >= 4 is 17.7 Å². The van der Waals surface area contributed by atoms with Crippen molar-refractivity contribution in [2.24, 2.45) is 0 Å². The average molecular weight is 157 g/mol. The van der Waals surface area contributed by atoms with Crippen molar-refractivity contribution in [2.75, 3.05) is 0 Å². The van der Waals surface area contributed by atoms with Crippen LogP contribution < -0.4 is 5.11 Å². The van der Waals surface area contributed by atoms with E-state index in [9.17, 15) is 19.5 Å². The highest BCUT2D eigenvalue weighted by Crippen LogP contribution is 1.85. The fourth-order valence-corrected chi connectivity index (χ4v) is 0.349. The third-order valence-electron chi connectivity index (χ3n) is 0.796. The summed E-state index contributed by atoms with van der Waals surface area (Å²) in [5.41, 5.74) is 0. The second kappa shape index (κ2) is 4.21. The van der Waals surface area contributed by atoms with E-state index in [-0.39, 0.29) is 0 Å². The van der Waals surface area contributed by atoms with Crippen LogP contribution in [-0.2, 0) is 14.4 Å². The SMILES string of the molecule is O=C([O-])/C=C/CC(=O)C(=O)O. The Morgan fingerprint density at radius 3 is 2.27 bits per heavy atom. The van der Waals surface area contributed by atoms with Gasteiger partial charge in [0.25, 0.3) is 0 Å². The second-order valence-electron chi connectivity index (χ2n) is 1.65. The maximum absolute atomic E-state index is 10.3. The Bertz CT molecular complexity index is 215. The van der Waals surface area contributed by atoms with E-state index in [0.717, 1.165) is 6.08 Å². The fourth-order valence-electron chi connectivity index (χ4n) is 0.349.